The first-order valence-electron chi connectivity index (χ1n) is 9.44. The number of amides is 1. The monoisotopic (exact) mass is 356 g/mol. The maximum atomic E-state index is 12.4. The van der Waals surface area contributed by atoms with Gasteiger partial charge in [0, 0.05) is 25.1 Å². The van der Waals surface area contributed by atoms with Crippen LogP contribution in [0.4, 0.5) is 0 Å². The quantitative estimate of drug-likeness (QED) is 0.787. The number of furan rings is 1. The summed E-state index contributed by atoms with van der Waals surface area (Å²) in [5.41, 5.74) is 2.28. The Bertz CT molecular complexity index is 733. The first kappa shape index (κ1) is 18.5. The fraction of sp³-hybridized carbons (Fsp3) is 0.476. The zero-order valence-electron chi connectivity index (χ0n) is 15.7. The van der Waals surface area contributed by atoms with Crippen LogP contribution in [-0.4, -0.2) is 37.6 Å². The summed E-state index contributed by atoms with van der Waals surface area (Å²) in [5, 5.41) is 2.96. The van der Waals surface area contributed by atoms with E-state index in [1.165, 1.54) is 12.8 Å². The summed E-state index contributed by atoms with van der Waals surface area (Å²) in [6.45, 7) is 5.78. The molecule has 2 aromatic rings. The van der Waals surface area contributed by atoms with Gasteiger partial charge in [0.15, 0.2) is 5.76 Å². The lowest BCUT2D eigenvalue weighted by atomic mass is 10.1. The van der Waals surface area contributed by atoms with Crippen molar-refractivity contribution in [2.45, 2.75) is 39.2 Å². The van der Waals surface area contributed by atoms with E-state index in [0.29, 0.717) is 12.3 Å². The molecule has 26 heavy (non-hydrogen) atoms. The summed E-state index contributed by atoms with van der Waals surface area (Å²) >= 11 is 0. The lowest BCUT2D eigenvalue weighted by Gasteiger charge is -2.13. The van der Waals surface area contributed by atoms with Crippen LogP contribution in [-0.2, 0) is 19.4 Å². The molecule has 140 valence electrons. The molecular formula is C21H28N2O3. The van der Waals surface area contributed by atoms with Gasteiger partial charge in [-0.25, -0.2) is 0 Å². The highest BCUT2D eigenvalue weighted by molar-refractivity contribution is 5.91. The van der Waals surface area contributed by atoms with Crippen molar-refractivity contribution in [3.63, 3.8) is 0 Å². The van der Waals surface area contributed by atoms with Crippen LogP contribution in [0.3, 0.4) is 0 Å². The third-order valence-corrected chi connectivity index (χ3v) is 4.87. The molecule has 0 saturated carbocycles. The van der Waals surface area contributed by atoms with Crippen LogP contribution < -0.4 is 10.1 Å². The number of nitrogens with one attached hydrogen (secondary N) is 1. The van der Waals surface area contributed by atoms with Gasteiger partial charge in [0.25, 0.3) is 5.91 Å². The van der Waals surface area contributed by atoms with Crippen molar-refractivity contribution in [3.8, 4) is 5.75 Å². The third kappa shape index (κ3) is 4.67. The molecule has 1 amide bonds. The van der Waals surface area contributed by atoms with E-state index in [2.05, 4.69) is 17.1 Å². The SMILES string of the molecule is CCc1oc(C(=O)NCCc2cccc(OC)c2)cc1CN1CCCC1. The van der Waals surface area contributed by atoms with Gasteiger partial charge in [0.1, 0.15) is 11.5 Å². The van der Waals surface area contributed by atoms with Gasteiger partial charge in [-0.15, -0.1) is 0 Å². The normalized spacial score (nSPS) is 14.5. The van der Waals surface area contributed by atoms with Crippen molar-refractivity contribution in [1.82, 2.24) is 10.2 Å². The Morgan fingerprint density at radius 1 is 1.27 bits per heavy atom. The standard InChI is InChI=1S/C21H28N2O3/c1-3-19-17(15-23-11-4-5-12-23)14-20(26-19)21(24)22-10-9-16-7-6-8-18(13-16)25-2/h6-8,13-14H,3-5,9-12,15H2,1-2H3,(H,22,24). The Morgan fingerprint density at radius 2 is 2.08 bits per heavy atom. The molecule has 1 fully saturated rings. The Balaban J connectivity index is 1.56. The maximum Gasteiger partial charge on any atom is 0.287 e. The molecule has 1 aromatic heterocycles. The van der Waals surface area contributed by atoms with E-state index in [4.69, 9.17) is 9.15 Å². The second-order valence-electron chi connectivity index (χ2n) is 6.75. The van der Waals surface area contributed by atoms with Crippen molar-refractivity contribution in [1.29, 1.82) is 0 Å². The molecule has 0 unspecified atom stereocenters. The van der Waals surface area contributed by atoms with Crippen LogP contribution in [0.15, 0.2) is 34.7 Å². The number of aryl methyl sites for hydroxylation is 1. The van der Waals surface area contributed by atoms with Crippen LogP contribution in [0, 0.1) is 0 Å². The molecule has 1 N–H and O–H groups in total. The minimum Gasteiger partial charge on any atom is -0.497 e. The average Bonchev–Trinajstić information content (AvgIpc) is 3.32. The summed E-state index contributed by atoms with van der Waals surface area (Å²) in [7, 11) is 1.66. The van der Waals surface area contributed by atoms with Gasteiger partial charge in [-0.05, 0) is 56.1 Å². The van der Waals surface area contributed by atoms with E-state index >= 15 is 0 Å². The van der Waals surface area contributed by atoms with Crippen molar-refractivity contribution >= 4 is 5.91 Å². The highest BCUT2D eigenvalue weighted by Crippen LogP contribution is 2.21. The third-order valence-electron chi connectivity index (χ3n) is 4.87. The average molecular weight is 356 g/mol. The second-order valence-corrected chi connectivity index (χ2v) is 6.75. The number of nitrogens with zero attached hydrogens (tertiary/aromatic N) is 1. The van der Waals surface area contributed by atoms with Gasteiger partial charge in [0.2, 0.25) is 0 Å². The molecule has 1 aromatic carbocycles. The number of hydrogen-bond donors (Lipinski definition) is 1. The number of ether oxygens (including phenoxy) is 1. The molecule has 3 rings (SSSR count). The van der Waals surface area contributed by atoms with E-state index in [0.717, 1.165) is 55.1 Å². The van der Waals surface area contributed by atoms with Crippen molar-refractivity contribution in [2.24, 2.45) is 0 Å². The summed E-state index contributed by atoms with van der Waals surface area (Å²) < 4.78 is 11.0. The van der Waals surface area contributed by atoms with E-state index in [1.54, 1.807) is 7.11 Å². The highest BCUT2D eigenvalue weighted by Gasteiger charge is 2.19. The summed E-state index contributed by atoms with van der Waals surface area (Å²) in [4.78, 5) is 14.9. The van der Waals surface area contributed by atoms with Crippen molar-refractivity contribution < 1.29 is 13.9 Å². The molecule has 0 atom stereocenters. The number of methoxy groups -OCH3 is 1. The topological polar surface area (TPSA) is 54.7 Å². The number of likely N-dealkylation sites (tertiary alicyclic amines) is 1. The van der Waals surface area contributed by atoms with Crippen LogP contribution in [0.25, 0.3) is 0 Å². The van der Waals surface area contributed by atoms with Gasteiger partial charge in [-0.1, -0.05) is 19.1 Å². The predicted octanol–water partition coefficient (Wildman–Crippen LogP) is 3.42. The predicted molar refractivity (Wildman–Crippen MR) is 102 cm³/mol. The van der Waals surface area contributed by atoms with E-state index in [9.17, 15) is 4.79 Å². The number of rotatable bonds is 8. The largest absolute Gasteiger partial charge is 0.497 e. The molecule has 1 aliphatic rings. The van der Waals surface area contributed by atoms with Crippen LogP contribution in [0.1, 0.15) is 47.2 Å². The van der Waals surface area contributed by atoms with Crippen LogP contribution in [0.5, 0.6) is 5.75 Å². The molecule has 0 radical (unpaired) electrons. The Kier molecular flexibility index (Phi) is 6.34. The lowest BCUT2D eigenvalue weighted by molar-refractivity contribution is 0.0925. The maximum absolute atomic E-state index is 12.4. The molecule has 0 bridgehead atoms. The zero-order valence-corrected chi connectivity index (χ0v) is 15.7. The highest BCUT2D eigenvalue weighted by atomic mass is 16.5. The number of benzene rings is 1. The summed E-state index contributed by atoms with van der Waals surface area (Å²) in [5.74, 6) is 2.03. The number of hydrogen-bond acceptors (Lipinski definition) is 4. The molecule has 1 saturated heterocycles. The minimum absolute atomic E-state index is 0.143. The molecule has 0 aliphatic carbocycles. The van der Waals surface area contributed by atoms with Crippen LogP contribution in [0.2, 0.25) is 0 Å². The second kappa shape index (κ2) is 8.90. The molecule has 1 aliphatic heterocycles. The molecule has 0 spiro atoms. The minimum atomic E-state index is -0.143. The Hall–Kier alpha value is -2.27. The fourth-order valence-electron chi connectivity index (χ4n) is 3.43. The molecule has 5 nitrogen and oxygen atoms in total. The van der Waals surface area contributed by atoms with Gasteiger partial charge in [0.05, 0.1) is 7.11 Å². The summed E-state index contributed by atoms with van der Waals surface area (Å²) in [6, 6.07) is 9.81. The van der Waals surface area contributed by atoms with E-state index in [1.807, 2.05) is 30.3 Å². The molecular weight excluding hydrogens is 328 g/mol. The first-order valence-corrected chi connectivity index (χ1v) is 9.44. The lowest BCUT2D eigenvalue weighted by Crippen LogP contribution is -2.25. The Morgan fingerprint density at radius 3 is 2.81 bits per heavy atom. The zero-order chi connectivity index (χ0) is 18.4. The number of carbonyl (C=O) groups is 1. The Labute approximate surface area is 155 Å². The van der Waals surface area contributed by atoms with E-state index < -0.39 is 0 Å². The van der Waals surface area contributed by atoms with Gasteiger partial charge < -0.3 is 14.5 Å². The summed E-state index contributed by atoms with van der Waals surface area (Å²) in [6.07, 6.45) is 4.08. The van der Waals surface area contributed by atoms with Crippen molar-refractivity contribution in [2.75, 3.05) is 26.7 Å². The van der Waals surface area contributed by atoms with Gasteiger partial charge >= 0.3 is 0 Å². The fourth-order valence-corrected chi connectivity index (χ4v) is 3.43. The molecule has 5 heteroatoms. The first-order chi connectivity index (χ1) is 12.7. The number of carbonyl (C=O) groups excluding carboxylic acids is 1. The van der Waals surface area contributed by atoms with Crippen LogP contribution >= 0.6 is 0 Å². The van der Waals surface area contributed by atoms with Crippen molar-refractivity contribution in [3.05, 3.63) is 53.0 Å². The smallest absolute Gasteiger partial charge is 0.287 e. The van der Waals surface area contributed by atoms with E-state index in [-0.39, 0.29) is 5.91 Å². The molecule has 2 heterocycles. The van der Waals surface area contributed by atoms with Gasteiger partial charge in [-0.3, -0.25) is 9.69 Å². The van der Waals surface area contributed by atoms with Gasteiger partial charge in [-0.2, -0.15) is 0 Å².